The number of hydrogen-bond acceptors (Lipinski definition) is 4. The summed E-state index contributed by atoms with van der Waals surface area (Å²) >= 11 is 0. The monoisotopic (exact) mass is 273 g/mol. The van der Waals surface area contributed by atoms with Gasteiger partial charge in [0.2, 0.25) is 5.76 Å². The molecule has 0 bridgehead atoms. The molecule has 0 amide bonds. The van der Waals surface area contributed by atoms with Crippen molar-refractivity contribution in [1.82, 2.24) is 0 Å². The van der Waals surface area contributed by atoms with Gasteiger partial charge in [-0.25, -0.2) is 4.79 Å². The Morgan fingerprint density at radius 3 is 2.90 bits per heavy atom. The first-order chi connectivity index (χ1) is 9.74. The minimum atomic E-state index is -1.05. The van der Waals surface area contributed by atoms with Gasteiger partial charge in [-0.3, -0.25) is 0 Å². The molecule has 2 aromatic rings. The predicted molar refractivity (Wildman–Crippen MR) is 73.3 cm³/mol. The van der Waals surface area contributed by atoms with Crippen LogP contribution in [-0.2, 0) is 6.54 Å². The molecular formula is C15H15NO4. The number of aromatic carboxylic acids is 1. The molecule has 0 aliphatic carbocycles. The topological polar surface area (TPSA) is 62.9 Å². The fraction of sp³-hybridized carbons (Fsp3) is 0.267. The van der Waals surface area contributed by atoms with E-state index < -0.39 is 5.97 Å². The number of fused-ring (bicyclic) bond motifs is 1. The van der Waals surface area contributed by atoms with E-state index in [0.29, 0.717) is 18.9 Å². The van der Waals surface area contributed by atoms with Gasteiger partial charge in [0.1, 0.15) is 11.5 Å². The first-order valence-electron chi connectivity index (χ1n) is 6.53. The number of carboxylic acids is 1. The summed E-state index contributed by atoms with van der Waals surface area (Å²) < 4.78 is 11.0. The van der Waals surface area contributed by atoms with E-state index in [1.54, 1.807) is 6.07 Å². The fourth-order valence-corrected chi connectivity index (χ4v) is 2.33. The number of anilines is 1. The van der Waals surface area contributed by atoms with Crippen molar-refractivity contribution in [2.45, 2.75) is 13.0 Å². The summed E-state index contributed by atoms with van der Waals surface area (Å²) in [7, 11) is 0. The molecule has 0 saturated carbocycles. The van der Waals surface area contributed by atoms with Crippen LogP contribution < -0.4 is 9.64 Å². The molecule has 1 aliphatic rings. The predicted octanol–water partition coefficient (Wildman–Crippen LogP) is 2.77. The van der Waals surface area contributed by atoms with Crippen LogP contribution in [-0.4, -0.2) is 24.2 Å². The largest absolute Gasteiger partial charge is 0.491 e. The Labute approximate surface area is 116 Å². The van der Waals surface area contributed by atoms with E-state index in [9.17, 15) is 4.79 Å². The Bertz CT molecular complexity index is 620. The molecule has 0 atom stereocenters. The van der Waals surface area contributed by atoms with Gasteiger partial charge in [-0.15, -0.1) is 0 Å². The van der Waals surface area contributed by atoms with Crippen molar-refractivity contribution < 1.29 is 19.1 Å². The van der Waals surface area contributed by atoms with Crippen LogP contribution >= 0.6 is 0 Å². The molecule has 0 saturated heterocycles. The van der Waals surface area contributed by atoms with Crippen molar-refractivity contribution in [3.63, 3.8) is 0 Å². The summed E-state index contributed by atoms with van der Waals surface area (Å²) in [4.78, 5) is 13.0. The lowest BCUT2D eigenvalue weighted by molar-refractivity contribution is 0.0660. The molecule has 0 fully saturated rings. The molecule has 1 aliphatic heterocycles. The lowest BCUT2D eigenvalue weighted by atomic mass is 10.2. The molecule has 5 nitrogen and oxygen atoms in total. The van der Waals surface area contributed by atoms with Crippen molar-refractivity contribution in [3.8, 4) is 5.75 Å². The van der Waals surface area contributed by atoms with Gasteiger partial charge >= 0.3 is 5.97 Å². The van der Waals surface area contributed by atoms with E-state index in [0.717, 1.165) is 24.4 Å². The van der Waals surface area contributed by atoms with Gasteiger partial charge in [0.15, 0.2) is 0 Å². The Balaban J connectivity index is 1.84. The van der Waals surface area contributed by atoms with Crippen LogP contribution in [0.25, 0.3) is 0 Å². The smallest absolute Gasteiger partial charge is 0.371 e. The molecule has 3 rings (SSSR count). The van der Waals surface area contributed by atoms with Gasteiger partial charge in [-0.2, -0.15) is 0 Å². The third-order valence-corrected chi connectivity index (χ3v) is 3.26. The number of carboxylic acid groups (broad SMARTS) is 1. The maximum absolute atomic E-state index is 10.8. The molecule has 1 aromatic carbocycles. The van der Waals surface area contributed by atoms with E-state index in [1.807, 2.05) is 24.3 Å². The molecule has 0 radical (unpaired) electrons. The number of nitrogens with zero attached hydrogens (tertiary/aromatic N) is 1. The Morgan fingerprint density at radius 2 is 2.10 bits per heavy atom. The van der Waals surface area contributed by atoms with Crippen molar-refractivity contribution >= 4 is 11.7 Å². The molecule has 1 aromatic heterocycles. The maximum Gasteiger partial charge on any atom is 0.371 e. The van der Waals surface area contributed by atoms with Crippen LogP contribution in [0, 0.1) is 0 Å². The highest BCUT2D eigenvalue weighted by molar-refractivity contribution is 5.84. The molecule has 0 unspecified atom stereocenters. The van der Waals surface area contributed by atoms with E-state index in [2.05, 4.69) is 4.90 Å². The van der Waals surface area contributed by atoms with Crippen molar-refractivity contribution in [2.24, 2.45) is 0 Å². The average molecular weight is 273 g/mol. The quantitative estimate of drug-likeness (QED) is 0.931. The second-order valence-corrected chi connectivity index (χ2v) is 4.66. The molecule has 104 valence electrons. The van der Waals surface area contributed by atoms with Crippen molar-refractivity contribution in [3.05, 3.63) is 47.9 Å². The van der Waals surface area contributed by atoms with E-state index >= 15 is 0 Å². The highest BCUT2D eigenvalue weighted by Gasteiger charge is 2.18. The molecular weight excluding hydrogens is 258 g/mol. The summed E-state index contributed by atoms with van der Waals surface area (Å²) in [5.74, 6) is 0.421. The summed E-state index contributed by atoms with van der Waals surface area (Å²) in [6.07, 6.45) is 0.918. The third kappa shape index (κ3) is 2.47. The molecule has 5 heteroatoms. The minimum Gasteiger partial charge on any atom is -0.491 e. The minimum absolute atomic E-state index is 0.0284. The van der Waals surface area contributed by atoms with E-state index in [1.165, 1.54) is 6.07 Å². The summed E-state index contributed by atoms with van der Waals surface area (Å²) in [5.41, 5.74) is 1.01. The zero-order valence-corrected chi connectivity index (χ0v) is 10.9. The van der Waals surface area contributed by atoms with Crippen molar-refractivity contribution in [2.75, 3.05) is 18.1 Å². The Kier molecular flexibility index (Phi) is 3.33. The first-order valence-corrected chi connectivity index (χ1v) is 6.53. The lowest BCUT2D eigenvalue weighted by Crippen LogP contribution is -2.22. The van der Waals surface area contributed by atoms with Crippen LogP contribution in [0.2, 0.25) is 0 Å². The van der Waals surface area contributed by atoms with Gasteiger partial charge in [0.25, 0.3) is 0 Å². The van der Waals surface area contributed by atoms with Gasteiger partial charge in [-0.1, -0.05) is 12.1 Å². The van der Waals surface area contributed by atoms with E-state index in [4.69, 9.17) is 14.3 Å². The molecule has 0 spiro atoms. The van der Waals surface area contributed by atoms with Crippen LogP contribution in [0.15, 0.2) is 40.8 Å². The Morgan fingerprint density at radius 1 is 1.25 bits per heavy atom. The van der Waals surface area contributed by atoms with Crippen LogP contribution in [0.1, 0.15) is 22.7 Å². The number of benzene rings is 1. The number of ether oxygens (including phenoxy) is 1. The number of para-hydroxylation sites is 2. The van der Waals surface area contributed by atoms with Gasteiger partial charge < -0.3 is 19.2 Å². The second kappa shape index (κ2) is 5.28. The zero-order valence-electron chi connectivity index (χ0n) is 10.9. The van der Waals surface area contributed by atoms with Gasteiger partial charge in [0.05, 0.1) is 18.8 Å². The number of hydrogen-bond donors (Lipinski definition) is 1. The van der Waals surface area contributed by atoms with Crippen LogP contribution in [0.4, 0.5) is 5.69 Å². The summed E-state index contributed by atoms with van der Waals surface area (Å²) in [5, 5.41) is 8.88. The fourth-order valence-electron chi connectivity index (χ4n) is 2.33. The second-order valence-electron chi connectivity index (χ2n) is 4.66. The first kappa shape index (κ1) is 12.6. The molecule has 1 N–H and O–H groups in total. The van der Waals surface area contributed by atoms with Crippen molar-refractivity contribution in [1.29, 1.82) is 0 Å². The standard InChI is InChI=1S/C15H15NO4/c17-15(18)14-7-6-11(20-14)10-16-8-3-9-19-13-5-2-1-4-12(13)16/h1-2,4-7H,3,8-10H2,(H,17,18). The number of carbonyl (C=O) groups is 1. The summed E-state index contributed by atoms with van der Waals surface area (Å²) in [6, 6.07) is 11.0. The normalized spacial score (nSPS) is 14.3. The molecule has 20 heavy (non-hydrogen) atoms. The zero-order chi connectivity index (χ0) is 13.9. The number of rotatable bonds is 3. The third-order valence-electron chi connectivity index (χ3n) is 3.26. The van der Waals surface area contributed by atoms with Gasteiger partial charge in [0, 0.05) is 6.54 Å². The van der Waals surface area contributed by atoms with Crippen LogP contribution in [0.5, 0.6) is 5.75 Å². The maximum atomic E-state index is 10.8. The van der Waals surface area contributed by atoms with Crippen LogP contribution in [0.3, 0.4) is 0 Å². The van der Waals surface area contributed by atoms with E-state index in [-0.39, 0.29) is 5.76 Å². The lowest BCUT2D eigenvalue weighted by Gasteiger charge is -2.22. The number of furan rings is 1. The highest BCUT2D eigenvalue weighted by atomic mass is 16.5. The SMILES string of the molecule is O=C(O)c1ccc(CN2CCCOc3ccccc32)o1. The van der Waals surface area contributed by atoms with Gasteiger partial charge in [-0.05, 0) is 30.7 Å². The summed E-state index contributed by atoms with van der Waals surface area (Å²) in [6.45, 7) is 2.07. The average Bonchev–Trinajstić information content (AvgIpc) is 2.82. The Hall–Kier alpha value is -2.43. The highest BCUT2D eigenvalue weighted by Crippen LogP contribution is 2.31. The molecule has 2 heterocycles.